The number of rotatable bonds is 5. The molecule has 0 fully saturated rings. The van der Waals surface area contributed by atoms with Crippen molar-refractivity contribution in [1.29, 1.82) is 0 Å². The van der Waals surface area contributed by atoms with E-state index in [9.17, 15) is 0 Å². The van der Waals surface area contributed by atoms with Crippen molar-refractivity contribution in [2.24, 2.45) is 5.73 Å². The maximum Gasteiger partial charge on any atom is 0.119 e. The zero-order valence-corrected chi connectivity index (χ0v) is 12.6. The Kier molecular flexibility index (Phi) is 4.03. The molecule has 0 aliphatic heterocycles. The number of benzene rings is 1. The normalized spacial score (nSPS) is 10.8. The van der Waals surface area contributed by atoms with Crippen molar-refractivity contribution in [3.05, 3.63) is 53.5 Å². The van der Waals surface area contributed by atoms with Crippen molar-refractivity contribution in [2.45, 2.75) is 13.5 Å². The zero-order valence-electron chi connectivity index (χ0n) is 11.8. The molecule has 5 heteroatoms. The number of ether oxygens (including phenoxy) is 1. The molecule has 0 amide bonds. The van der Waals surface area contributed by atoms with Gasteiger partial charge in [-0.05, 0) is 48.7 Å². The molecule has 0 spiro atoms. The lowest BCUT2D eigenvalue weighted by Gasteiger charge is -2.08. The van der Waals surface area contributed by atoms with Crippen molar-refractivity contribution < 1.29 is 4.74 Å². The number of nitrogens with zero attached hydrogens (tertiary/aromatic N) is 2. The Hall–Kier alpha value is -2.11. The molecular weight excluding hydrogens is 282 g/mol. The SMILES string of the molecule is CCOc1ccc(-n2nc(CN)cc2-c2cccs2)cc1. The fourth-order valence-corrected chi connectivity index (χ4v) is 2.90. The molecule has 0 saturated heterocycles. The minimum Gasteiger partial charge on any atom is -0.494 e. The lowest BCUT2D eigenvalue weighted by atomic mass is 10.2. The lowest BCUT2D eigenvalue weighted by molar-refractivity contribution is 0.340. The molecule has 0 aliphatic rings. The van der Waals surface area contributed by atoms with E-state index < -0.39 is 0 Å². The van der Waals surface area contributed by atoms with Crippen LogP contribution >= 0.6 is 11.3 Å². The summed E-state index contributed by atoms with van der Waals surface area (Å²) < 4.78 is 7.41. The molecule has 3 aromatic rings. The minimum absolute atomic E-state index is 0.433. The van der Waals surface area contributed by atoms with E-state index in [0.717, 1.165) is 22.8 Å². The van der Waals surface area contributed by atoms with Crippen LogP contribution in [0.25, 0.3) is 16.3 Å². The quantitative estimate of drug-likeness (QED) is 0.785. The van der Waals surface area contributed by atoms with Crippen LogP contribution in [0.15, 0.2) is 47.8 Å². The van der Waals surface area contributed by atoms with Crippen molar-refractivity contribution >= 4 is 11.3 Å². The molecule has 1 aromatic carbocycles. The summed E-state index contributed by atoms with van der Waals surface area (Å²) in [5.74, 6) is 0.866. The second-order valence-corrected chi connectivity index (χ2v) is 5.49. The van der Waals surface area contributed by atoms with Gasteiger partial charge in [0.2, 0.25) is 0 Å². The summed E-state index contributed by atoms with van der Waals surface area (Å²) >= 11 is 1.69. The molecule has 0 atom stereocenters. The van der Waals surface area contributed by atoms with Gasteiger partial charge in [-0.15, -0.1) is 11.3 Å². The number of hydrogen-bond donors (Lipinski definition) is 1. The summed E-state index contributed by atoms with van der Waals surface area (Å²) in [5, 5.41) is 6.65. The maximum absolute atomic E-state index is 5.73. The van der Waals surface area contributed by atoms with Gasteiger partial charge in [0.15, 0.2) is 0 Å². The summed E-state index contributed by atoms with van der Waals surface area (Å²) in [4.78, 5) is 1.18. The highest BCUT2D eigenvalue weighted by Crippen LogP contribution is 2.28. The van der Waals surface area contributed by atoms with Gasteiger partial charge in [-0.2, -0.15) is 5.10 Å². The van der Waals surface area contributed by atoms with Crippen LogP contribution < -0.4 is 10.5 Å². The molecule has 0 unspecified atom stereocenters. The number of nitrogens with two attached hydrogens (primary N) is 1. The monoisotopic (exact) mass is 299 g/mol. The lowest BCUT2D eigenvalue weighted by Crippen LogP contribution is -2.01. The van der Waals surface area contributed by atoms with E-state index in [1.807, 2.05) is 48.0 Å². The zero-order chi connectivity index (χ0) is 14.7. The maximum atomic E-state index is 5.73. The van der Waals surface area contributed by atoms with E-state index >= 15 is 0 Å². The van der Waals surface area contributed by atoms with Gasteiger partial charge >= 0.3 is 0 Å². The van der Waals surface area contributed by atoms with Crippen molar-refractivity contribution in [2.75, 3.05) is 6.61 Å². The number of aromatic nitrogens is 2. The van der Waals surface area contributed by atoms with Gasteiger partial charge in [0.1, 0.15) is 5.75 Å². The number of thiophene rings is 1. The van der Waals surface area contributed by atoms with Gasteiger partial charge < -0.3 is 10.5 Å². The van der Waals surface area contributed by atoms with Crippen LogP contribution in [0.2, 0.25) is 0 Å². The standard InChI is InChI=1S/C16H17N3OS/c1-2-20-14-7-5-13(6-8-14)19-15(10-12(11-17)18-19)16-4-3-9-21-16/h3-10H,2,11,17H2,1H3. The molecule has 2 aromatic heterocycles. The van der Waals surface area contributed by atoms with E-state index in [1.54, 1.807) is 11.3 Å². The second kappa shape index (κ2) is 6.11. The van der Waals surface area contributed by atoms with Gasteiger partial charge in [-0.1, -0.05) is 6.07 Å². The smallest absolute Gasteiger partial charge is 0.119 e. The molecular formula is C16H17N3OS. The second-order valence-electron chi connectivity index (χ2n) is 4.54. The number of hydrogen-bond acceptors (Lipinski definition) is 4. The van der Waals surface area contributed by atoms with Gasteiger partial charge in [-0.3, -0.25) is 0 Å². The Balaban J connectivity index is 2.02. The van der Waals surface area contributed by atoms with E-state index in [4.69, 9.17) is 10.5 Å². The Morgan fingerprint density at radius 3 is 2.67 bits per heavy atom. The van der Waals surface area contributed by atoms with Crippen LogP contribution in [0.1, 0.15) is 12.6 Å². The summed E-state index contributed by atoms with van der Waals surface area (Å²) in [5.41, 5.74) is 8.68. The Morgan fingerprint density at radius 1 is 1.24 bits per heavy atom. The first-order valence-electron chi connectivity index (χ1n) is 6.88. The predicted octanol–water partition coefficient (Wildman–Crippen LogP) is 3.46. The van der Waals surface area contributed by atoms with Crippen LogP contribution in [-0.2, 0) is 6.54 Å². The first kappa shape index (κ1) is 13.9. The summed E-state index contributed by atoms with van der Waals surface area (Å²) in [6.45, 7) is 3.07. The summed E-state index contributed by atoms with van der Waals surface area (Å²) in [6.07, 6.45) is 0. The van der Waals surface area contributed by atoms with Crippen LogP contribution in [0.4, 0.5) is 0 Å². The molecule has 2 heterocycles. The highest BCUT2D eigenvalue weighted by Gasteiger charge is 2.11. The first-order chi connectivity index (χ1) is 10.3. The van der Waals surface area contributed by atoms with E-state index in [0.29, 0.717) is 13.2 Å². The third-order valence-corrected chi connectivity index (χ3v) is 4.03. The molecule has 0 bridgehead atoms. The average Bonchev–Trinajstić information content (AvgIpc) is 3.17. The third-order valence-electron chi connectivity index (χ3n) is 3.14. The summed E-state index contributed by atoms with van der Waals surface area (Å²) in [6, 6.07) is 14.1. The molecule has 0 radical (unpaired) electrons. The van der Waals surface area contributed by atoms with Crippen LogP contribution in [0.5, 0.6) is 5.75 Å². The minimum atomic E-state index is 0.433. The molecule has 3 rings (SSSR count). The topological polar surface area (TPSA) is 53.1 Å². The van der Waals surface area contributed by atoms with Crippen LogP contribution in [0.3, 0.4) is 0 Å². The van der Waals surface area contributed by atoms with E-state index in [-0.39, 0.29) is 0 Å². The van der Waals surface area contributed by atoms with Crippen molar-refractivity contribution in [3.63, 3.8) is 0 Å². The van der Waals surface area contributed by atoms with E-state index in [1.165, 1.54) is 4.88 Å². The summed E-state index contributed by atoms with van der Waals surface area (Å²) in [7, 11) is 0. The fourth-order valence-electron chi connectivity index (χ4n) is 2.18. The molecule has 0 saturated carbocycles. The Morgan fingerprint density at radius 2 is 2.05 bits per heavy atom. The molecule has 21 heavy (non-hydrogen) atoms. The first-order valence-corrected chi connectivity index (χ1v) is 7.76. The fraction of sp³-hybridized carbons (Fsp3) is 0.188. The van der Waals surface area contributed by atoms with Crippen molar-refractivity contribution in [1.82, 2.24) is 9.78 Å². The molecule has 2 N–H and O–H groups in total. The van der Waals surface area contributed by atoms with Crippen molar-refractivity contribution in [3.8, 4) is 22.0 Å². The highest BCUT2D eigenvalue weighted by atomic mass is 32.1. The van der Waals surface area contributed by atoms with Crippen LogP contribution in [-0.4, -0.2) is 16.4 Å². The molecule has 4 nitrogen and oxygen atoms in total. The largest absolute Gasteiger partial charge is 0.494 e. The third kappa shape index (κ3) is 2.84. The molecule has 108 valence electrons. The predicted molar refractivity (Wildman–Crippen MR) is 85.9 cm³/mol. The van der Waals surface area contributed by atoms with Crippen LogP contribution in [0, 0.1) is 0 Å². The Labute approximate surface area is 127 Å². The highest BCUT2D eigenvalue weighted by molar-refractivity contribution is 7.13. The van der Waals surface area contributed by atoms with Gasteiger partial charge in [-0.25, -0.2) is 4.68 Å². The average molecular weight is 299 g/mol. The van der Waals surface area contributed by atoms with E-state index in [2.05, 4.69) is 16.5 Å². The Bertz CT molecular complexity index is 702. The van der Waals surface area contributed by atoms with Gasteiger partial charge in [0.05, 0.1) is 28.6 Å². The van der Waals surface area contributed by atoms with Gasteiger partial charge in [0.25, 0.3) is 0 Å². The molecule has 0 aliphatic carbocycles. The van der Waals surface area contributed by atoms with Gasteiger partial charge in [0, 0.05) is 6.54 Å².